The van der Waals surface area contributed by atoms with Crippen LogP contribution in [0.3, 0.4) is 0 Å². The molecule has 22 heavy (non-hydrogen) atoms. The fraction of sp³-hybridized carbons (Fsp3) is 0.824. The Hall–Kier alpha value is -1.23. The minimum absolute atomic E-state index is 0.232. The predicted molar refractivity (Wildman–Crippen MR) is 88.8 cm³/mol. The largest absolute Gasteiger partial charge is 0.497 e. The van der Waals surface area contributed by atoms with Gasteiger partial charge in [0, 0.05) is 19.1 Å². The monoisotopic (exact) mass is 312 g/mol. The summed E-state index contributed by atoms with van der Waals surface area (Å²) in [6, 6.07) is 0.252. The lowest BCUT2D eigenvalue weighted by molar-refractivity contribution is 0.0520. The molecule has 0 saturated carbocycles. The van der Waals surface area contributed by atoms with Gasteiger partial charge in [0.1, 0.15) is 11.7 Å². The van der Waals surface area contributed by atoms with E-state index in [9.17, 15) is 4.79 Å². The molecule has 1 heterocycles. The van der Waals surface area contributed by atoms with Gasteiger partial charge in [-0.1, -0.05) is 19.8 Å². The van der Waals surface area contributed by atoms with Crippen molar-refractivity contribution in [3.8, 4) is 0 Å². The van der Waals surface area contributed by atoms with E-state index >= 15 is 0 Å². The van der Waals surface area contributed by atoms with Crippen molar-refractivity contribution >= 4 is 6.09 Å². The number of amides is 1. The lowest BCUT2D eigenvalue weighted by Crippen LogP contribution is -2.45. The van der Waals surface area contributed by atoms with E-state index in [1.165, 1.54) is 0 Å². The van der Waals surface area contributed by atoms with Crippen LogP contribution in [0.1, 0.15) is 59.8 Å². The standard InChI is InChI=1S/C17H32N2O3/c1-5-6-9-14(12-19-16(20)22-17(2,3)4)18-13-15-10-7-8-11-21-15/h8,11,14-15,18H,5-7,9-10,12-13H2,1-4H3,(H,19,20). The SMILES string of the molecule is CCCCC(CNC(=O)OC(C)(C)C)NCC1CCC=CO1. The summed E-state index contributed by atoms with van der Waals surface area (Å²) in [4.78, 5) is 11.7. The first-order chi connectivity index (χ1) is 10.4. The summed E-state index contributed by atoms with van der Waals surface area (Å²) in [6.45, 7) is 9.17. The highest BCUT2D eigenvalue weighted by atomic mass is 16.6. The molecule has 2 unspecified atom stereocenters. The van der Waals surface area contributed by atoms with Crippen LogP contribution in [0, 0.1) is 0 Å². The van der Waals surface area contributed by atoms with Crippen LogP contribution < -0.4 is 10.6 Å². The minimum atomic E-state index is -0.460. The molecule has 0 bridgehead atoms. The summed E-state index contributed by atoms with van der Waals surface area (Å²) >= 11 is 0. The van der Waals surface area contributed by atoms with E-state index in [1.807, 2.05) is 20.8 Å². The number of unbranched alkanes of at least 4 members (excludes halogenated alkanes) is 1. The average Bonchev–Trinajstić information content (AvgIpc) is 2.45. The number of allylic oxidation sites excluding steroid dienone is 1. The average molecular weight is 312 g/mol. The third-order valence-corrected chi connectivity index (χ3v) is 3.45. The first-order valence-electron chi connectivity index (χ1n) is 8.41. The normalized spacial score (nSPS) is 19.4. The van der Waals surface area contributed by atoms with E-state index in [1.54, 1.807) is 6.26 Å². The zero-order valence-corrected chi connectivity index (χ0v) is 14.5. The van der Waals surface area contributed by atoms with Gasteiger partial charge in [0.25, 0.3) is 0 Å². The summed E-state index contributed by atoms with van der Waals surface area (Å²) < 4.78 is 10.8. The van der Waals surface area contributed by atoms with E-state index in [2.05, 4.69) is 23.6 Å². The highest BCUT2D eigenvalue weighted by molar-refractivity contribution is 5.67. The molecular weight excluding hydrogens is 280 g/mol. The second-order valence-electron chi connectivity index (χ2n) is 6.84. The first kappa shape index (κ1) is 18.8. The predicted octanol–water partition coefficient (Wildman–Crippen LogP) is 3.35. The Morgan fingerprint density at radius 3 is 2.82 bits per heavy atom. The van der Waals surface area contributed by atoms with Crippen LogP contribution in [0.4, 0.5) is 4.79 Å². The second-order valence-corrected chi connectivity index (χ2v) is 6.84. The summed E-state index contributed by atoms with van der Waals surface area (Å²) in [5.41, 5.74) is -0.460. The molecule has 1 aliphatic heterocycles. The fourth-order valence-electron chi connectivity index (χ4n) is 2.28. The Labute approximate surface area is 134 Å². The second kappa shape index (κ2) is 9.72. The molecule has 0 radical (unpaired) electrons. The van der Waals surface area contributed by atoms with Crippen molar-refractivity contribution in [2.24, 2.45) is 0 Å². The molecule has 0 aromatic rings. The molecule has 0 aliphatic carbocycles. The first-order valence-corrected chi connectivity index (χ1v) is 8.41. The van der Waals surface area contributed by atoms with Gasteiger partial charge in [-0.2, -0.15) is 0 Å². The molecule has 1 amide bonds. The third-order valence-electron chi connectivity index (χ3n) is 3.45. The van der Waals surface area contributed by atoms with Crippen molar-refractivity contribution in [1.82, 2.24) is 10.6 Å². The smallest absolute Gasteiger partial charge is 0.407 e. The molecule has 2 N–H and O–H groups in total. The van der Waals surface area contributed by atoms with Crippen LogP contribution in [0.5, 0.6) is 0 Å². The third kappa shape index (κ3) is 8.93. The number of alkyl carbamates (subject to hydrolysis) is 1. The zero-order valence-electron chi connectivity index (χ0n) is 14.5. The molecule has 0 aromatic carbocycles. The minimum Gasteiger partial charge on any atom is -0.497 e. The number of carbonyl (C=O) groups is 1. The van der Waals surface area contributed by atoms with Gasteiger partial charge in [0.15, 0.2) is 0 Å². The highest BCUT2D eigenvalue weighted by Crippen LogP contribution is 2.10. The molecule has 5 heteroatoms. The number of hydrogen-bond acceptors (Lipinski definition) is 4. The fourth-order valence-corrected chi connectivity index (χ4v) is 2.28. The Kier molecular flexibility index (Phi) is 8.31. The van der Waals surface area contributed by atoms with Crippen molar-refractivity contribution in [1.29, 1.82) is 0 Å². The molecule has 128 valence electrons. The van der Waals surface area contributed by atoms with Crippen LogP contribution in [0.15, 0.2) is 12.3 Å². The quantitative estimate of drug-likeness (QED) is 0.721. The van der Waals surface area contributed by atoms with Gasteiger partial charge >= 0.3 is 6.09 Å². The van der Waals surface area contributed by atoms with Gasteiger partial charge < -0.3 is 20.1 Å². The van der Waals surface area contributed by atoms with Crippen LogP contribution >= 0.6 is 0 Å². The van der Waals surface area contributed by atoms with E-state index in [4.69, 9.17) is 9.47 Å². The van der Waals surface area contributed by atoms with Crippen molar-refractivity contribution < 1.29 is 14.3 Å². The molecule has 0 spiro atoms. The van der Waals surface area contributed by atoms with Gasteiger partial charge in [-0.3, -0.25) is 0 Å². The van der Waals surface area contributed by atoms with Crippen molar-refractivity contribution in [3.05, 3.63) is 12.3 Å². The Bertz CT molecular complexity index is 350. The Balaban J connectivity index is 2.32. The molecular formula is C17H32N2O3. The molecule has 1 rings (SSSR count). The number of rotatable bonds is 8. The number of carbonyl (C=O) groups excluding carboxylic acids is 1. The van der Waals surface area contributed by atoms with Crippen molar-refractivity contribution in [2.45, 2.75) is 77.5 Å². The summed E-state index contributed by atoms with van der Waals surface area (Å²) in [5, 5.41) is 6.37. The lowest BCUT2D eigenvalue weighted by Gasteiger charge is -2.25. The molecule has 0 saturated heterocycles. The maximum Gasteiger partial charge on any atom is 0.407 e. The van der Waals surface area contributed by atoms with Gasteiger partial charge in [0.05, 0.1) is 6.26 Å². The number of nitrogens with one attached hydrogen (secondary N) is 2. The Morgan fingerprint density at radius 1 is 1.45 bits per heavy atom. The maximum absolute atomic E-state index is 11.7. The molecule has 1 aliphatic rings. The Morgan fingerprint density at radius 2 is 2.23 bits per heavy atom. The van der Waals surface area contributed by atoms with Crippen LogP contribution in [0.25, 0.3) is 0 Å². The van der Waals surface area contributed by atoms with E-state index in [0.29, 0.717) is 6.54 Å². The topological polar surface area (TPSA) is 59.6 Å². The molecule has 0 aromatic heterocycles. The maximum atomic E-state index is 11.7. The summed E-state index contributed by atoms with van der Waals surface area (Å²) in [7, 11) is 0. The lowest BCUT2D eigenvalue weighted by atomic mass is 10.1. The van der Waals surface area contributed by atoms with E-state index in [0.717, 1.165) is 38.6 Å². The van der Waals surface area contributed by atoms with Gasteiger partial charge in [-0.05, 0) is 46.1 Å². The van der Waals surface area contributed by atoms with Crippen molar-refractivity contribution in [2.75, 3.05) is 13.1 Å². The highest BCUT2D eigenvalue weighted by Gasteiger charge is 2.18. The van der Waals surface area contributed by atoms with Gasteiger partial charge in [0.2, 0.25) is 0 Å². The van der Waals surface area contributed by atoms with E-state index in [-0.39, 0.29) is 18.2 Å². The zero-order chi connectivity index (χ0) is 16.4. The van der Waals surface area contributed by atoms with Gasteiger partial charge in [-0.25, -0.2) is 4.79 Å². The van der Waals surface area contributed by atoms with Crippen LogP contribution in [0.2, 0.25) is 0 Å². The van der Waals surface area contributed by atoms with Gasteiger partial charge in [-0.15, -0.1) is 0 Å². The molecule has 5 nitrogen and oxygen atoms in total. The van der Waals surface area contributed by atoms with E-state index < -0.39 is 5.60 Å². The molecule has 2 atom stereocenters. The number of hydrogen-bond donors (Lipinski definition) is 2. The van der Waals surface area contributed by atoms with Crippen molar-refractivity contribution in [3.63, 3.8) is 0 Å². The summed E-state index contributed by atoms with van der Waals surface area (Å²) in [6.07, 6.45) is 9.15. The van der Waals surface area contributed by atoms with Crippen LogP contribution in [-0.4, -0.2) is 36.9 Å². The summed E-state index contributed by atoms with van der Waals surface area (Å²) in [5.74, 6) is 0. The van der Waals surface area contributed by atoms with Crippen LogP contribution in [-0.2, 0) is 9.47 Å². The molecule has 0 fully saturated rings. The number of ether oxygens (including phenoxy) is 2.